The van der Waals surface area contributed by atoms with Gasteiger partial charge in [-0.25, -0.2) is 4.79 Å². The number of nitrogens with zero attached hydrogens (tertiary/aromatic N) is 6. The molecule has 4 heterocycles. The molecule has 1 fully saturated rings. The molecule has 0 N–H and O–H groups in total. The lowest BCUT2D eigenvalue weighted by molar-refractivity contribution is 0.0361. The van der Waals surface area contributed by atoms with Crippen molar-refractivity contribution in [2.24, 2.45) is 7.05 Å². The van der Waals surface area contributed by atoms with Gasteiger partial charge >= 0.3 is 5.69 Å². The van der Waals surface area contributed by atoms with Crippen molar-refractivity contribution in [2.45, 2.75) is 13.5 Å². The minimum absolute atomic E-state index is 0.323. The lowest BCUT2D eigenvalue weighted by atomic mass is 10.3. The summed E-state index contributed by atoms with van der Waals surface area (Å²) < 4.78 is 17.1. The van der Waals surface area contributed by atoms with Crippen LogP contribution >= 0.6 is 0 Å². The van der Waals surface area contributed by atoms with Gasteiger partial charge in [0.2, 0.25) is 5.78 Å². The molecule has 0 unspecified atom stereocenters. The van der Waals surface area contributed by atoms with Crippen LogP contribution in [-0.4, -0.2) is 67.9 Å². The Balaban J connectivity index is 1.64. The SMILES string of the molecule is COc1ccc(-n2c(C)cn3c4c(=O)n(CCN5CCOCC5)c(=O)n(C)c4nc23)cc1. The number of methoxy groups -OCH3 is 1. The van der Waals surface area contributed by atoms with Crippen LogP contribution in [0.1, 0.15) is 5.69 Å². The summed E-state index contributed by atoms with van der Waals surface area (Å²) in [7, 11) is 3.28. The van der Waals surface area contributed by atoms with Gasteiger partial charge in [0.25, 0.3) is 5.56 Å². The monoisotopic (exact) mass is 438 g/mol. The average Bonchev–Trinajstić information content (AvgIpc) is 3.33. The molecule has 0 bridgehead atoms. The van der Waals surface area contributed by atoms with Crippen molar-refractivity contribution >= 4 is 16.9 Å². The molecule has 0 spiro atoms. The number of imidazole rings is 2. The fraction of sp³-hybridized carbons (Fsp3) is 0.409. The zero-order chi connectivity index (χ0) is 22.4. The van der Waals surface area contributed by atoms with E-state index >= 15 is 0 Å². The second-order valence-corrected chi connectivity index (χ2v) is 8.01. The van der Waals surface area contributed by atoms with Crippen LogP contribution in [-0.2, 0) is 18.3 Å². The molecular formula is C22H26N6O4. The van der Waals surface area contributed by atoms with E-state index in [1.165, 1.54) is 9.13 Å². The summed E-state index contributed by atoms with van der Waals surface area (Å²) >= 11 is 0. The van der Waals surface area contributed by atoms with Gasteiger partial charge in [-0.3, -0.25) is 27.8 Å². The van der Waals surface area contributed by atoms with Gasteiger partial charge in [0, 0.05) is 50.8 Å². The number of aryl methyl sites for hydroxylation is 2. The second-order valence-electron chi connectivity index (χ2n) is 8.01. The Labute approximate surface area is 183 Å². The van der Waals surface area contributed by atoms with Gasteiger partial charge in [-0.1, -0.05) is 0 Å². The maximum atomic E-state index is 13.4. The fourth-order valence-electron chi connectivity index (χ4n) is 4.32. The van der Waals surface area contributed by atoms with Crippen molar-refractivity contribution in [1.29, 1.82) is 0 Å². The van der Waals surface area contributed by atoms with Gasteiger partial charge in [-0.2, -0.15) is 4.98 Å². The van der Waals surface area contributed by atoms with E-state index in [4.69, 9.17) is 9.47 Å². The number of fused-ring (bicyclic) bond motifs is 3. The Hall–Kier alpha value is -3.37. The first kappa shape index (κ1) is 20.5. The lowest BCUT2D eigenvalue weighted by Gasteiger charge is -2.26. The largest absolute Gasteiger partial charge is 0.497 e. The predicted octanol–water partition coefficient (Wildman–Crippen LogP) is 0.788. The minimum atomic E-state index is -0.357. The molecule has 3 aromatic heterocycles. The van der Waals surface area contributed by atoms with E-state index in [1.807, 2.05) is 42.0 Å². The maximum Gasteiger partial charge on any atom is 0.332 e. The standard InChI is InChI=1S/C22H26N6O4/c1-15-14-27-18-19(23-21(27)28(15)16-4-6-17(31-3)7-5-16)24(2)22(30)26(20(18)29)9-8-25-10-12-32-13-11-25/h4-7,14H,8-13H2,1-3H3. The van der Waals surface area contributed by atoms with Crippen LogP contribution in [0.15, 0.2) is 40.1 Å². The molecule has 1 aliphatic heterocycles. The highest BCUT2D eigenvalue weighted by Gasteiger charge is 2.21. The highest BCUT2D eigenvalue weighted by atomic mass is 16.5. The Morgan fingerprint density at radius 2 is 1.81 bits per heavy atom. The fourth-order valence-corrected chi connectivity index (χ4v) is 4.32. The van der Waals surface area contributed by atoms with Gasteiger partial charge in [0.15, 0.2) is 11.2 Å². The van der Waals surface area contributed by atoms with Gasteiger partial charge in [0.05, 0.1) is 20.3 Å². The molecule has 0 saturated carbocycles. The highest BCUT2D eigenvalue weighted by Crippen LogP contribution is 2.22. The molecule has 0 atom stereocenters. The van der Waals surface area contributed by atoms with E-state index in [1.54, 1.807) is 18.6 Å². The Kier molecular flexibility index (Phi) is 5.10. The van der Waals surface area contributed by atoms with Crippen LogP contribution in [0.5, 0.6) is 5.75 Å². The number of hydrogen-bond acceptors (Lipinski definition) is 6. The summed E-state index contributed by atoms with van der Waals surface area (Å²) in [6, 6.07) is 7.63. The molecule has 5 rings (SSSR count). The summed E-state index contributed by atoms with van der Waals surface area (Å²) in [5, 5.41) is 0. The van der Waals surface area contributed by atoms with Gasteiger partial charge in [-0.05, 0) is 31.2 Å². The summed E-state index contributed by atoms with van der Waals surface area (Å²) in [5.41, 5.74) is 1.92. The quantitative estimate of drug-likeness (QED) is 0.458. The van der Waals surface area contributed by atoms with Crippen molar-refractivity contribution < 1.29 is 9.47 Å². The molecule has 168 valence electrons. The van der Waals surface area contributed by atoms with E-state index in [0.717, 1.165) is 30.2 Å². The molecular weight excluding hydrogens is 412 g/mol. The third-order valence-electron chi connectivity index (χ3n) is 6.10. The summed E-state index contributed by atoms with van der Waals surface area (Å²) in [6.45, 7) is 5.87. The summed E-state index contributed by atoms with van der Waals surface area (Å²) in [4.78, 5) is 33.3. The molecule has 1 saturated heterocycles. The summed E-state index contributed by atoms with van der Waals surface area (Å²) in [5.74, 6) is 1.34. The lowest BCUT2D eigenvalue weighted by Crippen LogP contribution is -2.44. The summed E-state index contributed by atoms with van der Waals surface area (Å²) in [6.07, 6.45) is 1.88. The first-order valence-corrected chi connectivity index (χ1v) is 10.6. The topological polar surface area (TPSA) is 87.9 Å². The Morgan fingerprint density at radius 3 is 2.50 bits per heavy atom. The third-order valence-corrected chi connectivity index (χ3v) is 6.10. The van der Waals surface area contributed by atoms with E-state index in [2.05, 4.69) is 9.88 Å². The molecule has 0 aliphatic carbocycles. The maximum absolute atomic E-state index is 13.4. The highest BCUT2D eigenvalue weighted by molar-refractivity contribution is 5.76. The normalized spacial score (nSPS) is 15.1. The zero-order valence-corrected chi connectivity index (χ0v) is 18.4. The molecule has 10 heteroatoms. The van der Waals surface area contributed by atoms with Crippen LogP contribution in [0.25, 0.3) is 22.6 Å². The van der Waals surface area contributed by atoms with Crippen LogP contribution in [0.4, 0.5) is 0 Å². The van der Waals surface area contributed by atoms with E-state index < -0.39 is 0 Å². The number of hydrogen-bond donors (Lipinski definition) is 0. The molecule has 4 aromatic rings. The van der Waals surface area contributed by atoms with Crippen LogP contribution in [0.3, 0.4) is 0 Å². The minimum Gasteiger partial charge on any atom is -0.497 e. The number of rotatable bonds is 5. The number of morpholine rings is 1. The van der Waals surface area contributed by atoms with Crippen LogP contribution < -0.4 is 16.0 Å². The third kappa shape index (κ3) is 3.23. The predicted molar refractivity (Wildman–Crippen MR) is 120 cm³/mol. The van der Waals surface area contributed by atoms with Gasteiger partial charge in [0.1, 0.15) is 5.75 Å². The molecule has 0 radical (unpaired) electrons. The molecule has 1 aliphatic rings. The first-order chi connectivity index (χ1) is 15.5. The van der Waals surface area contributed by atoms with Gasteiger partial charge < -0.3 is 9.47 Å². The van der Waals surface area contributed by atoms with Crippen molar-refractivity contribution in [3.05, 3.63) is 57.0 Å². The number of ether oxygens (including phenoxy) is 2. The Bertz CT molecular complexity index is 1400. The van der Waals surface area contributed by atoms with Gasteiger partial charge in [-0.15, -0.1) is 0 Å². The van der Waals surface area contributed by atoms with E-state index in [9.17, 15) is 9.59 Å². The molecule has 10 nitrogen and oxygen atoms in total. The number of aromatic nitrogens is 5. The van der Waals surface area contributed by atoms with Crippen molar-refractivity contribution in [3.63, 3.8) is 0 Å². The van der Waals surface area contributed by atoms with Crippen molar-refractivity contribution in [2.75, 3.05) is 40.0 Å². The molecule has 1 aromatic carbocycles. The number of benzene rings is 1. The molecule has 32 heavy (non-hydrogen) atoms. The van der Waals surface area contributed by atoms with E-state index in [-0.39, 0.29) is 11.2 Å². The zero-order valence-electron chi connectivity index (χ0n) is 18.4. The smallest absolute Gasteiger partial charge is 0.332 e. The van der Waals surface area contributed by atoms with Crippen LogP contribution in [0.2, 0.25) is 0 Å². The Morgan fingerprint density at radius 1 is 1.09 bits per heavy atom. The van der Waals surface area contributed by atoms with Crippen molar-refractivity contribution in [1.82, 2.24) is 28.0 Å². The van der Waals surface area contributed by atoms with Crippen LogP contribution in [0, 0.1) is 6.92 Å². The van der Waals surface area contributed by atoms with Crippen molar-refractivity contribution in [3.8, 4) is 11.4 Å². The first-order valence-electron chi connectivity index (χ1n) is 10.6. The molecule has 0 amide bonds. The van der Waals surface area contributed by atoms with E-state index in [0.29, 0.717) is 43.2 Å². The average molecular weight is 438 g/mol. The second kappa shape index (κ2) is 7.95.